The lowest BCUT2D eigenvalue weighted by Crippen LogP contribution is -2.40. The number of carbonyl (C=O) groups excluding carboxylic acids is 5. The zero-order valence-electron chi connectivity index (χ0n) is 66.9. The Hall–Kier alpha value is -10.8. The molecule has 9 aliphatic rings. The lowest BCUT2D eigenvalue weighted by molar-refractivity contribution is -0.533. The van der Waals surface area contributed by atoms with Crippen LogP contribution >= 0.6 is 23.2 Å². The summed E-state index contributed by atoms with van der Waals surface area (Å²) >= 11 is 12.3. The van der Waals surface area contributed by atoms with E-state index in [-0.39, 0.29) is 152 Å². The van der Waals surface area contributed by atoms with Crippen molar-refractivity contribution in [3.8, 4) is 22.8 Å². The van der Waals surface area contributed by atoms with E-state index in [1.54, 1.807) is 30.3 Å². The summed E-state index contributed by atoms with van der Waals surface area (Å²) in [5, 5.41) is 21.4. The summed E-state index contributed by atoms with van der Waals surface area (Å²) < 4.78 is 120. The number of fused-ring (bicyclic) bond motifs is 10. The maximum Gasteiger partial charge on any atom is 0.336 e. The number of aromatic nitrogens is 8. The van der Waals surface area contributed by atoms with Gasteiger partial charge in [-0.25, -0.2) is 68.3 Å². The quantitative estimate of drug-likeness (QED) is 0.0172. The number of allylic oxidation sites excluding steroid dienone is 6. The second kappa shape index (κ2) is 41.6. The Bertz CT molecular complexity index is 5670. The first kappa shape index (κ1) is 96.1. The fourth-order valence-corrected chi connectivity index (χ4v) is 21.0. The minimum atomic E-state index is -4.01. The van der Waals surface area contributed by atoms with Gasteiger partial charge in [-0.2, -0.15) is 0 Å². The van der Waals surface area contributed by atoms with E-state index in [1.165, 1.54) is 96.2 Å². The maximum absolute atomic E-state index is 15.0. The number of aryl methyl sites for hydroxylation is 2. The van der Waals surface area contributed by atoms with Gasteiger partial charge in [-0.15, -0.1) is 0 Å². The highest BCUT2D eigenvalue weighted by Gasteiger charge is 2.56. The van der Waals surface area contributed by atoms with Gasteiger partial charge in [0.05, 0.1) is 113 Å². The van der Waals surface area contributed by atoms with E-state index in [0.717, 1.165) is 89.6 Å². The predicted octanol–water partition coefficient (Wildman–Crippen LogP) is 13.0. The number of nitrogens with two attached hydrogens (primary N) is 2. The van der Waals surface area contributed by atoms with Crippen LogP contribution in [0, 0.1) is 123 Å². The van der Waals surface area contributed by atoms with Crippen LogP contribution in [0.3, 0.4) is 0 Å². The van der Waals surface area contributed by atoms with Crippen LogP contribution in [0.5, 0.6) is 0 Å². The van der Waals surface area contributed by atoms with Crippen LogP contribution in [-0.2, 0) is 84.9 Å². The minimum absolute atomic E-state index is 0. The molecule has 2 aromatic carbocycles. The van der Waals surface area contributed by atoms with Crippen molar-refractivity contribution >= 4 is 106 Å². The van der Waals surface area contributed by atoms with Crippen molar-refractivity contribution in [2.75, 3.05) is 41.8 Å². The number of ether oxygens (including phenoxy) is 5. The van der Waals surface area contributed by atoms with E-state index < -0.39 is 71.3 Å². The highest BCUT2D eigenvalue weighted by Crippen LogP contribution is 2.54. The Kier molecular flexibility index (Phi) is 32.5. The topological polar surface area (TPSA) is 442 Å². The highest BCUT2D eigenvalue weighted by atomic mass is 35.5. The van der Waals surface area contributed by atoms with Gasteiger partial charge >= 0.3 is 29.8 Å². The number of methoxy groups -OCH3 is 5. The molecule has 10 unspecified atom stereocenters. The number of esters is 5. The lowest BCUT2D eigenvalue weighted by Gasteiger charge is -2.29. The smallest absolute Gasteiger partial charge is 0.336 e. The van der Waals surface area contributed by atoms with E-state index >= 15 is 4.39 Å². The van der Waals surface area contributed by atoms with E-state index in [2.05, 4.69) is 75.8 Å². The number of rotatable bonds is 16. The summed E-state index contributed by atoms with van der Waals surface area (Å²) in [6, 6.07) is 15.3. The molecule has 31 nitrogen and oxygen atoms in total. The zero-order chi connectivity index (χ0) is 87.6. The van der Waals surface area contributed by atoms with Crippen LogP contribution in [0.2, 0.25) is 10.0 Å². The molecule has 6 saturated carbocycles. The second-order valence-electron chi connectivity index (χ2n) is 30.4. The first-order chi connectivity index (χ1) is 57.6. The van der Waals surface area contributed by atoms with Crippen LogP contribution in [0.15, 0.2) is 174 Å². The number of nitro groups is 2. The first-order valence-corrected chi connectivity index (χ1v) is 43.7. The Morgan fingerprint density at radius 1 is 0.569 bits per heavy atom. The van der Waals surface area contributed by atoms with E-state index in [0.29, 0.717) is 63.6 Å². The van der Waals surface area contributed by atoms with Gasteiger partial charge in [-0.05, 0) is 162 Å². The molecule has 0 aliphatic heterocycles. The standard InChI is InChI=1S/C28H26ClFN4O4S.C19H14ClFN4O3S2.C9H11NO4.C9H15NO2.C9H13NO2.C5H6.C4H5NO4.2CH4/c1-15-3-7-19(8-4-15)39(36,37)34-14-22(21-10-18(29)12-32-27(21)34)26-31-13-23(30)24(33-26)11-20-16-5-6-17(9-16)25(20)28(35)38-2;1-11-3-5-13(6-4-11)30(27,28)25-10-15(14-7-12(20)8-23-18(14)25)17-22-9-16(21)19(24-17)29(2)26;1-14-9(11)7-5-2-3-6(4-5)8(7)10(12)13;2*1-12-9(11)7-5-2-3-6(4-5)8(7)10;1-2-4-5-3-1;1-9-4(6)2-3-5(7)8;;/h3-4,7-8,10,12-14,16-17,20,25H,5-6,9,11H2,1-2H3;3-10H,1-2H3;2-3,5-8H,4H2,1H3;5-8H,2-4,10H2,1H3;2-3,5-8H,4,10H2,1H3;1-4H,5H2;2-3H,1H3;2*1H4/b;;;;;;3-2+;;/t16?,17?,20?,25-;;3*5?,6?,7-,8-;;;;/m0.000..../s1. The molecule has 8 bridgehead atoms. The van der Waals surface area contributed by atoms with Gasteiger partial charge in [0.15, 0.2) is 39.6 Å². The van der Waals surface area contributed by atoms with E-state index in [1.807, 2.05) is 26.0 Å². The number of hydrogen-bond acceptors (Lipinski definition) is 27. The van der Waals surface area contributed by atoms with Crippen molar-refractivity contribution in [2.45, 2.75) is 126 Å². The molecule has 4 N–H and O–H groups in total. The monoisotopic (exact) mass is 1790 g/mol. The lowest BCUT2D eigenvalue weighted by atomic mass is 9.77. The summed E-state index contributed by atoms with van der Waals surface area (Å²) in [6.45, 7) is 3.72. The van der Waals surface area contributed by atoms with Crippen molar-refractivity contribution < 1.29 is 87.3 Å². The Morgan fingerprint density at radius 2 is 1.01 bits per heavy atom. The molecule has 38 heteroatoms. The average molecular weight is 1800 g/mol. The number of pyridine rings is 2. The summed E-state index contributed by atoms with van der Waals surface area (Å²) in [7, 11) is -3.04. The molecular weight excluding hydrogens is 1700 g/mol. The highest BCUT2D eigenvalue weighted by molar-refractivity contribution is 7.90. The minimum Gasteiger partial charge on any atom is -0.469 e. The van der Waals surface area contributed by atoms with Crippen LogP contribution in [0.4, 0.5) is 8.78 Å². The average Bonchev–Trinajstić information content (AvgIpc) is 1.58. The Balaban J connectivity index is 0.000000179. The molecule has 8 aromatic rings. The number of carbonyl (C=O) groups is 5. The molecule has 6 fully saturated rings. The fourth-order valence-electron chi connectivity index (χ4n) is 17.5. The van der Waals surface area contributed by atoms with Gasteiger partial charge in [0.1, 0.15) is 5.92 Å². The third-order valence-corrected chi connectivity index (χ3v) is 27.9. The molecule has 6 aromatic heterocycles. The van der Waals surface area contributed by atoms with Crippen molar-refractivity contribution in [1.29, 1.82) is 0 Å². The molecule has 658 valence electrons. The number of halogens is 4. The van der Waals surface area contributed by atoms with Gasteiger partial charge in [-0.1, -0.05) is 122 Å². The summed E-state index contributed by atoms with van der Waals surface area (Å²) in [5.41, 5.74) is 14.7. The summed E-state index contributed by atoms with van der Waals surface area (Å²) in [4.78, 5) is 101. The Morgan fingerprint density at radius 3 is 1.46 bits per heavy atom. The normalized spacial score (nSPS) is 24.7. The van der Waals surface area contributed by atoms with Crippen LogP contribution in [0.25, 0.3) is 44.8 Å². The molecule has 0 radical (unpaired) electrons. The molecule has 0 saturated heterocycles. The van der Waals surface area contributed by atoms with E-state index in [9.17, 15) is 69.6 Å². The molecule has 6 heterocycles. The zero-order valence-corrected chi connectivity index (χ0v) is 70.9. The molecule has 9 aliphatic carbocycles. The largest absolute Gasteiger partial charge is 0.469 e. The van der Waals surface area contributed by atoms with Gasteiger partial charge < -0.3 is 35.2 Å². The van der Waals surface area contributed by atoms with Crippen LogP contribution in [0.1, 0.15) is 89.5 Å². The SMILES string of the molecule is C.C.C1=CCC=C1.COC(=O)/C=C/[N+](=O)[O-].COC(=O)[C@H]1C2C=CC(C2)[C@@H]1N.COC(=O)[C@H]1C2C=CC(C2)[C@@H]1[N+](=O)[O-].COC(=O)[C@H]1C2CCC(C2)C1Cc1nc(-c2cn(S(=O)(=O)c3ccc(C)cc3)c3ncc(Cl)cc23)ncc1F.COC(=O)[C@H]1C2CCC(C2)[C@@H]1N.Cc1ccc(S(=O)(=O)n2cc(-c3ncc(F)c(S(C)=O)n3)c3cc(Cl)cnc32)cc1. The first-order valence-electron chi connectivity index (χ1n) is 38.5. The van der Waals surface area contributed by atoms with Crippen molar-refractivity contribution in [3.63, 3.8) is 0 Å². The van der Waals surface area contributed by atoms with Gasteiger partial charge in [0.2, 0.25) is 12.2 Å². The number of nitrogens with zero attached hydrogens (tertiary/aromatic N) is 10. The Labute approximate surface area is 723 Å². The summed E-state index contributed by atoms with van der Waals surface area (Å²) in [6.07, 6.45) is 35.8. The fraction of sp³-hybridized carbons (Fsp3) is 0.424. The van der Waals surface area contributed by atoms with Crippen molar-refractivity contribution in [2.24, 2.45) is 88.4 Å². The molecule has 123 heavy (non-hydrogen) atoms. The van der Waals surface area contributed by atoms with Crippen LogP contribution < -0.4 is 11.5 Å². The molecule has 0 spiro atoms. The van der Waals surface area contributed by atoms with Gasteiger partial charge in [-0.3, -0.25) is 43.6 Å². The van der Waals surface area contributed by atoms with Crippen molar-refractivity contribution in [3.05, 3.63) is 217 Å². The molecular formula is C85H98Cl2F2N12O19S3. The molecule has 17 atom stereocenters. The summed E-state index contributed by atoms with van der Waals surface area (Å²) in [5.74, 6) is -1.66. The number of benzene rings is 2. The second-order valence-corrected chi connectivity index (χ2v) is 36.2. The third-order valence-electron chi connectivity index (χ3n) is 23.4. The van der Waals surface area contributed by atoms with Crippen molar-refractivity contribution in [1.82, 2.24) is 37.8 Å². The molecule has 0 amide bonds. The molecule has 17 rings (SSSR count). The van der Waals surface area contributed by atoms with E-state index in [4.69, 9.17) is 48.9 Å². The maximum atomic E-state index is 15.0. The van der Waals surface area contributed by atoms with Gasteiger partial charge in [0.25, 0.3) is 20.0 Å². The van der Waals surface area contributed by atoms with Crippen LogP contribution in [-0.4, -0.2) is 159 Å². The number of hydrogen-bond donors (Lipinski definition) is 2. The third kappa shape index (κ3) is 21.4. The predicted molar refractivity (Wildman–Crippen MR) is 455 cm³/mol. The van der Waals surface area contributed by atoms with Gasteiger partial charge in [0, 0.05) is 75.9 Å².